The van der Waals surface area contributed by atoms with Gasteiger partial charge in [-0.05, 0) is 52.8 Å². The number of nitrogens with zero attached hydrogens (tertiary/aromatic N) is 1. The Kier molecular flexibility index (Phi) is 5.03. The summed E-state index contributed by atoms with van der Waals surface area (Å²) in [6.45, 7) is 9.19. The van der Waals surface area contributed by atoms with Crippen molar-refractivity contribution in [2.24, 2.45) is 5.92 Å². The molecule has 1 N–H and O–H groups in total. The van der Waals surface area contributed by atoms with Gasteiger partial charge in [-0.1, -0.05) is 13.8 Å². The van der Waals surface area contributed by atoms with Crippen molar-refractivity contribution in [3.8, 4) is 0 Å². The van der Waals surface area contributed by atoms with Crippen LogP contribution in [0.25, 0.3) is 0 Å². The molecule has 0 amide bonds. The number of thiophene rings is 1. The fourth-order valence-corrected chi connectivity index (χ4v) is 3.79. The van der Waals surface area contributed by atoms with Crippen LogP contribution < -0.4 is 5.32 Å². The molecule has 1 unspecified atom stereocenters. The molecule has 0 bridgehead atoms. The second-order valence-corrected chi connectivity index (χ2v) is 7.00. The highest BCUT2D eigenvalue weighted by Crippen LogP contribution is 2.26. The molecule has 2 nitrogen and oxygen atoms in total. The Bertz CT molecular complexity index is 351. The first-order valence-corrected chi connectivity index (χ1v) is 8.00. The predicted molar refractivity (Wildman–Crippen MR) is 78.5 cm³/mol. The first kappa shape index (κ1) is 13.5. The second kappa shape index (κ2) is 6.32. The van der Waals surface area contributed by atoms with Gasteiger partial charge in [0.25, 0.3) is 0 Å². The molecule has 1 atom stereocenters. The van der Waals surface area contributed by atoms with Gasteiger partial charge in [0.2, 0.25) is 0 Å². The molecule has 0 aliphatic carbocycles. The van der Waals surface area contributed by atoms with Gasteiger partial charge in [-0.3, -0.25) is 4.90 Å². The maximum Gasteiger partial charge on any atom is 0.0339 e. The van der Waals surface area contributed by atoms with Crippen molar-refractivity contribution in [3.63, 3.8) is 0 Å². The lowest BCUT2D eigenvalue weighted by Crippen LogP contribution is -2.30. The second-order valence-electron chi connectivity index (χ2n) is 5.14. The van der Waals surface area contributed by atoms with E-state index in [0.717, 1.165) is 12.5 Å². The minimum Gasteiger partial charge on any atom is -0.314 e. The lowest BCUT2D eigenvalue weighted by Gasteiger charge is -2.16. The van der Waals surface area contributed by atoms with Gasteiger partial charge in [0.15, 0.2) is 0 Å². The summed E-state index contributed by atoms with van der Waals surface area (Å²) in [5.41, 5.74) is 0. The molecule has 2 rings (SSSR count). The topological polar surface area (TPSA) is 15.3 Å². The van der Waals surface area contributed by atoms with Gasteiger partial charge >= 0.3 is 0 Å². The van der Waals surface area contributed by atoms with Crippen LogP contribution in [0.4, 0.5) is 0 Å². The van der Waals surface area contributed by atoms with E-state index < -0.39 is 0 Å². The summed E-state index contributed by atoms with van der Waals surface area (Å²) in [5.74, 6) is 0.830. The molecule has 4 heteroatoms. The lowest BCUT2D eigenvalue weighted by molar-refractivity contribution is 0.315. The summed E-state index contributed by atoms with van der Waals surface area (Å²) < 4.78 is 1.27. The number of halogens is 1. The van der Waals surface area contributed by atoms with Crippen LogP contribution in [0.5, 0.6) is 0 Å². The van der Waals surface area contributed by atoms with Crippen LogP contribution in [0.2, 0.25) is 0 Å². The minimum absolute atomic E-state index is 0.607. The van der Waals surface area contributed by atoms with Crippen molar-refractivity contribution in [1.29, 1.82) is 0 Å². The van der Waals surface area contributed by atoms with Crippen molar-refractivity contribution in [1.82, 2.24) is 10.2 Å². The number of hydrogen-bond donors (Lipinski definition) is 1. The highest BCUT2D eigenvalue weighted by atomic mass is 79.9. The highest BCUT2D eigenvalue weighted by molar-refractivity contribution is 9.10. The zero-order valence-electron chi connectivity index (χ0n) is 10.6. The molecule has 1 fully saturated rings. The average Bonchev–Trinajstić information content (AvgIpc) is 2.87. The molecule has 0 radical (unpaired) electrons. The molecule has 2 heterocycles. The van der Waals surface area contributed by atoms with Crippen LogP contribution in [0.3, 0.4) is 0 Å². The van der Waals surface area contributed by atoms with Crippen LogP contribution in [0.1, 0.15) is 25.1 Å². The standard InChI is InChI=1S/C13H21BrN2S/c1-10(2)15-7-11-3-5-16(8-11)9-13-12(14)4-6-17-13/h4,6,10-11,15H,3,5,7-9H2,1-2H3. The zero-order chi connectivity index (χ0) is 12.3. The molecule has 0 saturated carbocycles. The van der Waals surface area contributed by atoms with Crippen molar-refractivity contribution >= 4 is 27.3 Å². The SMILES string of the molecule is CC(C)NCC1CCN(Cc2sccc2Br)C1. The molecule has 96 valence electrons. The predicted octanol–water partition coefficient (Wildman–Crippen LogP) is 3.33. The van der Waals surface area contributed by atoms with Crippen LogP contribution >= 0.6 is 27.3 Å². The van der Waals surface area contributed by atoms with Gasteiger partial charge < -0.3 is 5.32 Å². The molecular formula is C13H21BrN2S. The Morgan fingerprint density at radius 3 is 3.06 bits per heavy atom. The Morgan fingerprint density at radius 2 is 2.41 bits per heavy atom. The summed E-state index contributed by atoms with van der Waals surface area (Å²) in [6.07, 6.45) is 1.34. The largest absolute Gasteiger partial charge is 0.314 e. The van der Waals surface area contributed by atoms with E-state index in [2.05, 4.69) is 51.4 Å². The summed E-state index contributed by atoms with van der Waals surface area (Å²) in [6, 6.07) is 2.75. The first-order valence-electron chi connectivity index (χ1n) is 6.32. The third-order valence-corrected chi connectivity index (χ3v) is 5.15. The van der Waals surface area contributed by atoms with E-state index in [0.29, 0.717) is 6.04 Å². The van der Waals surface area contributed by atoms with Crippen molar-refractivity contribution < 1.29 is 0 Å². The van der Waals surface area contributed by atoms with Crippen molar-refractivity contribution in [2.75, 3.05) is 19.6 Å². The van der Waals surface area contributed by atoms with Gasteiger partial charge in [-0.25, -0.2) is 0 Å². The van der Waals surface area contributed by atoms with Crippen LogP contribution in [0.15, 0.2) is 15.9 Å². The van der Waals surface area contributed by atoms with Gasteiger partial charge in [0, 0.05) is 28.5 Å². The third kappa shape index (κ3) is 4.05. The quantitative estimate of drug-likeness (QED) is 0.896. The van der Waals surface area contributed by atoms with E-state index in [1.54, 1.807) is 0 Å². The number of hydrogen-bond acceptors (Lipinski definition) is 3. The zero-order valence-corrected chi connectivity index (χ0v) is 13.0. The highest BCUT2D eigenvalue weighted by Gasteiger charge is 2.23. The number of likely N-dealkylation sites (tertiary alicyclic amines) is 1. The molecule has 17 heavy (non-hydrogen) atoms. The molecular weight excluding hydrogens is 296 g/mol. The van der Waals surface area contributed by atoms with Crippen molar-refractivity contribution in [3.05, 3.63) is 20.8 Å². The lowest BCUT2D eigenvalue weighted by atomic mass is 10.1. The summed E-state index contributed by atoms with van der Waals surface area (Å²) in [4.78, 5) is 4.03. The Hall–Kier alpha value is 0.100. The third-order valence-electron chi connectivity index (χ3n) is 3.24. The fourth-order valence-electron chi connectivity index (χ4n) is 2.27. The van der Waals surface area contributed by atoms with Crippen LogP contribution in [-0.4, -0.2) is 30.6 Å². The smallest absolute Gasteiger partial charge is 0.0339 e. The molecule has 0 spiro atoms. The first-order chi connectivity index (χ1) is 8.15. The Labute approximate surface area is 117 Å². The maximum atomic E-state index is 3.61. The Morgan fingerprint density at radius 1 is 1.59 bits per heavy atom. The molecule has 1 saturated heterocycles. The molecule has 1 aromatic rings. The fraction of sp³-hybridized carbons (Fsp3) is 0.692. The van der Waals surface area contributed by atoms with Crippen molar-refractivity contribution in [2.45, 2.75) is 32.9 Å². The van der Waals surface area contributed by atoms with E-state index in [9.17, 15) is 0 Å². The maximum absolute atomic E-state index is 3.61. The monoisotopic (exact) mass is 316 g/mol. The van der Waals surface area contributed by atoms with E-state index in [-0.39, 0.29) is 0 Å². The molecule has 0 aromatic carbocycles. The van der Waals surface area contributed by atoms with Gasteiger partial charge in [0.05, 0.1) is 0 Å². The summed E-state index contributed by atoms with van der Waals surface area (Å²) in [5, 5.41) is 5.70. The van der Waals surface area contributed by atoms with E-state index in [1.807, 2.05) is 11.3 Å². The molecule has 1 aliphatic heterocycles. The van der Waals surface area contributed by atoms with Crippen LogP contribution in [0, 0.1) is 5.92 Å². The minimum atomic E-state index is 0.607. The van der Waals surface area contributed by atoms with Gasteiger partial charge in [0.1, 0.15) is 0 Å². The summed E-state index contributed by atoms with van der Waals surface area (Å²) >= 11 is 5.46. The van der Waals surface area contributed by atoms with E-state index >= 15 is 0 Å². The Balaban J connectivity index is 1.76. The molecule has 1 aliphatic rings. The molecule has 1 aromatic heterocycles. The summed E-state index contributed by atoms with van der Waals surface area (Å²) in [7, 11) is 0. The number of rotatable bonds is 5. The van der Waals surface area contributed by atoms with Crippen LogP contribution in [-0.2, 0) is 6.54 Å². The van der Waals surface area contributed by atoms with Gasteiger partial charge in [-0.15, -0.1) is 11.3 Å². The normalized spacial score (nSPS) is 21.5. The van der Waals surface area contributed by atoms with Gasteiger partial charge in [-0.2, -0.15) is 0 Å². The average molecular weight is 317 g/mol. The number of nitrogens with one attached hydrogen (secondary N) is 1. The van der Waals surface area contributed by atoms with E-state index in [4.69, 9.17) is 0 Å². The van der Waals surface area contributed by atoms with E-state index in [1.165, 1.54) is 35.4 Å².